The standard InChI is InChI=1S/C13H15NS/c1-3-10(2)13-12(9-15-14-13)11-7-5-4-6-8-11/h4-10H,3H2,1-2H3. The predicted octanol–water partition coefficient (Wildman–Crippen LogP) is 4.32. The molecule has 0 saturated heterocycles. The highest BCUT2D eigenvalue weighted by Crippen LogP contribution is 2.31. The van der Waals surface area contributed by atoms with Gasteiger partial charge in [0.15, 0.2) is 0 Å². The van der Waals surface area contributed by atoms with Crippen LogP contribution in [0.5, 0.6) is 0 Å². The first-order valence-corrected chi connectivity index (χ1v) is 6.16. The summed E-state index contributed by atoms with van der Waals surface area (Å²) in [5, 5.41) is 2.15. The van der Waals surface area contributed by atoms with Crippen molar-refractivity contribution in [2.24, 2.45) is 0 Å². The number of benzene rings is 1. The molecule has 15 heavy (non-hydrogen) atoms. The summed E-state index contributed by atoms with van der Waals surface area (Å²) >= 11 is 1.55. The smallest absolute Gasteiger partial charge is 0.0648 e. The summed E-state index contributed by atoms with van der Waals surface area (Å²) in [5.74, 6) is 0.548. The van der Waals surface area contributed by atoms with Gasteiger partial charge >= 0.3 is 0 Å². The van der Waals surface area contributed by atoms with Crippen LogP contribution in [0.1, 0.15) is 31.9 Å². The average molecular weight is 217 g/mol. The van der Waals surface area contributed by atoms with E-state index in [1.54, 1.807) is 11.5 Å². The highest BCUT2D eigenvalue weighted by Gasteiger charge is 2.12. The Balaban J connectivity index is 2.41. The quantitative estimate of drug-likeness (QED) is 0.746. The van der Waals surface area contributed by atoms with Crippen molar-refractivity contribution in [2.45, 2.75) is 26.2 Å². The van der Waals surface area contributed by atoms with Crippen LogP contribution < -0.4 is 0 Å². The first-order chi connectivity index (χ1) is 7.33. The van der Waals surface area contributed by atoms with Gasteiger partial charge in [0, 0.05) is 10.9 Å². The van der Waals surface area contributed by atoms with E-state index < -0.39 is 0 Å². The Hall–Kier alpha value is -1.15. The molecule has 1 atom stereocenters. The third kappa shape index (κ3) is 2.10. The van der Waals surface area contributed by atoms with Gasteiger partial charge in [-0.05, 0) is 29.4 Å². The van der Waals surface area contributed by atoms with Gasteiger partial charge in [-0.15, -0.1) is 0 Å². The van der Waals surface area contributed by atoms with E-state index in [0.717, 1.165) is 6.42 Å². The zero-order valence-corrected chi connectivity index (χ0v) is 9.92. The van der Waals surface area contributed by atoms with Crippen molar-refractivity contribution >= 4 is 11.5 Å². The fourth-order valence-electron chi connectivity index (χ4n) is 1.63. The van der Waals surface area contributed by atoms with Crippen LogP contribution in [0.25, 0.3) is 11.1 Å². The summed E-state index contributed by atoms with van der Waals surface area (Å²) in [6, 6.07) is 10.5. The molecule has 0 fully saturated rings. The molecule has 0 N–H and O–H groups in total. The fourth-order valence-corrected chi connectivity index (χ4v) is 2.43. The Morgan fingerprint density at radius 2 is 2.00 bits per heavy atom. The molecule has 0 bridgehead atoms. The molecule has 0 aliphatic carbocycles. The Morgan fingerprint density at radius 1 is 1.27 bits per heavy atom. The van der Waals surface area contributed by atoms with Crippen LogP contribution in [0.4, 0.5) is 0 Å². The number of rotatable bonds is 3. The van der Waals surface area contributed by atoms with E-state index in [-0.39, 0.29) is 0 Å². The van der Waals surface area contributed by atoms with Crippen LogP contribution in [-0.2, 0) is 0 Å². The molecule has 2 aromatic rings. The Kier molecular flexibility index (Phi) is 3.17. The lowest BCUT2D eigenvalue weighted by atomic mass is 9.97. The van der Waals surface area contributed by atoms with Crippen molar-refractivity contribution < 1.29 is 0 Å². The molecule has 0 saturated carbocycles. The SMILES string of the molecule is CCC(C)c1nscc1-c1ccccc1. The number of aromatic nitrogens is 1. The molecular formula is C13H15NS. The van der Waals surface area contributed by atoms with Gasteiger partial charge in [-0.3, -0.25) is 0 Å². The first kappa shape index (κ1) is 10.4. The summed E-state index contributed by atoms with van der Waals surface area (Å²) in [6.45, 7) is 4.44. The van der Waals surface area contributed by atoms with Crippen LogP contribution in [0, 0.1) is 0 Å². The lowest BCUT2D eigenvalue weighted by Gasteiger charge is -2.08. The van der Waals surface area contributed by atoms with Gasteiger partial charge in [-0.1, -0.05) is 44.2 Å². The van der Waals surface area contributed by atoms with E-state index in [1.165, 1.54) is 16.8 Å². The van der Waals surface area contributed by atoms with Crippen molar-refractivity contribution in [3.05, 3.63) is 41.4 Å². The minimum Gasteiger partial charge on any atom is -0.197 e. The summed E-state index contributed by atoms with van der Waals surface area (Å²) in [6.07, 6.45) is 1.14. The second kappa shape index (κ2) is 4.58. The average Bonchev–Trinajstić information content (AvgIpc) is 2.78. The second-order valence-electron chi connectivity index (χ2n) is 3.79. The second-order valence-corrected chi connectivity index (χ2v) is 4.42. The normalized spacial score (nSPS) is 12.7. The molecule has 0 radical (unpaired) electrons. The van der Waals surface area contributed by atoms with Gasteiger partial charge in [0.05, 0.1) is 5.69 Å². The molecular weight excluding hydrogens is 202 g/mol. The molecule has 1 aromatic heterocycles. The zero-order chi connectivity index (χ0) is 10.7. The summed E-state index contributed by atoms with van der Waals surface area (Å²) in [5.41, 5.74) is 3.82. The third-order valence-electron chi connectivity index (χ3n) is 2.76. The zero-order valence-electron chi connectivity index (χ0n) is 9.10. The van der Waals surface area contributed by atoms with Gasteiger partial charge < -0.3 is 0 Å². The van der Waals surface area contributed by atoms with E-state index in [1.807, 2.05) is 6.07 Å². The third-order valence-corrected chi connectivity index (χ3v) is 3.40. The minimum atomic E-state index is 0.548. The van der Waals surface area contributed by atoms with Gasteiger partial charge in [0.25, 0.3) is 0 Å². The van der Waals surface area contributed by atoms with Gasteiger partial charge in [-0.25, -0.2) is 0 Å². The lowest BCUT2D eigenvalue weighted by molar-refractivity contribution is 0.719. The monoisotopic (exact) mass is 217 g/mol. The Bertz CT molecular complexity index is 419. The maximum atomic E-state index is 4.50. The topological polar surface area (TPSA) is 12.9 Å². The molecule has 1 nitrogen and oxygen atoms in total. The van der Waals surface area contributed by atoms with Crippen molar-refractivity contribution in [3.63, 3.8) is 0 Å². The van der Waals surface area contributed by atoms with E-state index in [2.05, 4.69) is 47.9 Å². The summed E-state index contributed by atoms with van der Waals surface area (Å²) in [7, 11) is 0. The maximum absolute atomic E-state index is 4.50. The molecule has 1 aromatic carbocycles. The molecule has 2 rings (SSSR count). The van der Waals surface area contributed by atoms with Gasteiger partial charge in [-0.2, -0.15) is 4.37 Å². The highest BCUT2D eigenvalue weighted by molar-refractivity contribution is 7.04. The largest absolute Gasteiger partial charge is 0.197 e. The Labute approximate surface area is 94.9 Å². The predicted molar refractivity (Wildman–Crippen MR) is 66.3 cm³/mol. The molecule has 0 amide bonds. The summed E-state index contributed by atoms with van der Waals surface area (Å²) in [4.78, 5) is 0. The van der Waals surface area contributed by atoms with Crippen molar-refractivity contribution in [1.82, 2.24) is 4.37 Å². The number of nitrogens with zero attached hydrogens (tertiary/aromatic N) is 1. The minimum absolute atomic E-state index is 0.548. The van der Waals surface area contributed by atoms with Crippen LogP contribution in [-0.4, -0.2) is 4.37 Å². The molecule has 1 unspecified atom stereocenters. The van der Waals surface area contributed by atoms with Gasteiger partial charge in [0.2, 0.25) is 0 Å². The highest BCUT2D eigenvalue weighted by atomic mass is 32.1. The van der Waals surface area contributed by atoms with E-state index >= 15 is 0 Å². The molecule has 2 heteroatoms. The molecule has 78 valence electrons. The van der Waals surface area contributed by atoms with Crippen LogP contribution in [0.3, 0.4) is 0 Å². The molecule has 1 heterocycles. The van der Waals surface area contributed by atoms with Gasteiger partial charge in [0.1, 0.15) is 0 Å². The van der Waals surface area contributed by atoms with Crippen LogP contribution in [0.15, 0.2) is 35.7 Å². The van der Waals surface area contributed by atoms with E-state index in [0.29, 0.717) is 5.92 Å². The number of hydrogen-bond acceptors (Lipinski definition) is 2. The van der Waals surface area contributed by atoms with Crippen molar-refractivity contribution in [1.29, 1.82) is 0 Å². The molecule has 0 spiro atoms. The van der Waals surface area contributed by atoms with E-state index in [4.69, 9.17) is 0 Å². The van der Waals surface area contributed by atoms with Crippen LogP contribution in [0.2, 0.25) is 0 Å². The first-order valence-electron chi connectivity index (χ1n) is 5.32. The van der Waals surface area contributed by atoms with Crippen molar-refractivity contribution in [3.8, 4) is 11.1 Å². The van der Waals surface area contributed by atoms with Crippen LogP contribution >= 0.6 is 11.5 Å². The Morgan fingerprint density at radius 3 is 2.67 bits per heavy atom. The lowest BCUT2D eigenvalue weighted by Crippen LogP contribution is -1.93. The molecule has 0 aliphatic heterocycles. The maximum Gasteiger partial charge on any atom is 0.0648 e. The molecule has 0 aliphatic rings. The van der Waals surface area contributed by atoms with E-state index in [9.17, 15) is 0 Å². The fraction of sp³-hybridized carbons (Fsp3) is 0.308. The summed E-state index contributed by atoms with van der Waals surface area (Å²) < 4.78 is 4.50. The number of hydrogen-bond donors (Lipinski definition) is 0. The van der Waals surface area contributed by atoms with Crippen molar-refractivity contribution in [2.75, 3.05) is 0 Å².